The second kappa shape index (κ2) is 4.11. The van der Waals surface area contributed by atoms with Crippen molar-refractivity contribution in [1.82, 2.24) is 10.2 Å². The average Bonchev–Trinajstić information content (AvgIpc) is 2.22. The van der Waals surface area contributed by atoms with Gasteiger partial charge in [-0.1, -0.05) is 20.4 Å². The number of nitrogens with one attached hydrogen (secondary N) is 1. The zero-order valence-electron chi connectivity index (χ0n) is 10.5. The van der Waals surface area contributed by atoms with Gasteiger partial charge in [0.15, 0.2) is 0 Å². The van der Waals surface area contributed by atoms with Crippen molar-refractivity contribution in [3.63, 3.8) is 0 Å². The Morgan fingerprint density at radius 1 is 1.38 bits per heavy atom. The average molecular weight is 222 g/mol. The highest BCUT2D eigenvalue weighted by atomic mass is 16.2. The lowest BCUT2D eigenvalue weighted by Gasteiger charge is -2.46. The first-order valence-electron chi connectivity index (χ1n) is 6.31. The van der Waals surface area contributed by atoms with Gasteiger partial charge < -0.3 is 5.32 Å². The quantitative estimate of drug-likeness (QED) is 0.726. The molecule has 4 unspecified atom stereocenters. The van der Waals surface area contributed by atoms with Crippen LogP contribution >= 0.6 is 0 Å². The number of nitrogens with zero attached hydrogens (tertiary/aromatic N) is 1. The number of hydrogen-bond acceptors (Lipinski definition) is 1. The Morgan fingerprint density at radius 2 is 2.00 bits per heavy atom. The van der Waals surface area contributed by atoms with Crippen molar-refractivity contribution in [1.29, 1.82) is 0 Å². The smallest absolute Gasteiger partial charge is 0.321 e. The number of carbonyl (C=O) groups excluding carboxylic acids is 1. The van der Waals surface area contributed by atoms with Crippen molar-refractivity contribution in [3.8, 4) is 0 Å². The van der Waals surface area contributed by atoms with E-state index in [1.165, 1.54) is 0 Å². The third-order valence-electron chi connectivity index (χ3n) is 4.35. The Kier molecular flexibility index (Phi) is 2.96. The zero-order chi connectivity index (χ0) is 11.9. The number of carbonyl (C=O) groups is 1. The summed E-state index contributed by atoms with van der Waals surface area (Å²) >= 11 is 0. The first-order chi connectivity index (χ1) is 7.54. The van der Waals surface area contributed by atoms with Gasteiger partial charge in [-0.25, -0.2) is 4.79 Å². The van der Waals surface area contributed by atoms with Crippen molar-refractivity contribution in [2.75, 3.05) is 6.54 Å². The molecule has 3 heteroatoms. The van der Waals surface area contributed by atoms with Crippen molar-refractivity contribution in [2.24, 2.45) is 17.8 Å². The van der Waals surface area contributed by atoms with E-state index < -0.39 is 0 Å². The summed E-state index contributed by atoms with van der Waals surface area (Å²) < 4.78 is 0. The van der Waals surface area contributed by atoms with Crippen molar-refractivity contribution < 1.29 is 4.79 Å². The molecule has 90 valence electrons. The van der Waals surface area contributed by atoms with Crippen molar-refractivity contribution in [2.45, 2.75) is 39.7 Å². The van der Waals surface area contributed by atoms with Crippen LogP contribution in [0, 0.1) is 17.8 Å². The third-order valence-corrected chi connectivity index (χ3v) is 4.35. The molecule has 0 aromatic carbocycles. The topological polar surface area (TPSA) is 32.3 Å². The number of rotatable bonds is 1. The van der Waals surface area contributed by atoms with Crippen molar-refractivity contribution in [3.05, 3.63) is 12.3 Å². The van der Waals surface area contributed by atoms with Gasteiger partial charge in [-0.05, 0) is 31.6 Å². The summed E-state index contributed by atoms with van der Waals surface area (Å²) in [5, 5.41) is 3.13. The molecule has 16 heavy (non-hydrogen) atoms. The highest BCUT2D eigenvalue weighted by Crippen LogP contribution is 2.39. The molecule has 1 aliphatic heterocycles. The molecular formula is C13H22N2O. The van der Waals surface area contributed by atoms with E-state index in [1.807, 2.05) is 6.92 Å². The molecule has 1 saturated carbocycles. The van der Waals surface area contributed by atoms with Crippen LogP contribution < -0.4 is 5.32 Å². The molecule has 1 N–H and O–H groups in total. The van der Waals surface area contributed by atoms with E-state index in [0.717, 1.165) is 31.0 Å². The van der Waals surface area contributed by atoms with Crippen LogP contribution in [-0.4, -0.2) is 23.5 Å². The molecular weight excluding hydrogens is 200 g/mol. The Bertz CT molecular complexity index is 313. The van der Waals surface area contributed by atoms with Crippen LogP contribution in [0.25, 0.3) is 0 Å². The molecule has 1 aliphatic carbocycles. The second-order valence-electron chi connectivity index (χ2n) is 5.32. The van der Waals surface area contributed by atoms with E-state index in [0.29, 0.717) is 17.9 Å². The molecule has 0 aromatic rings. The molecule has 0 spiro atoms. The number of amides is 2. The van der Waals surface area contributed by atoms with Gasteiger partial charge in [0, 0.05) is 24.2 Å². The van der Waals surface area contributed by atoms with Crippen LogP contribution in [0.1, 0.15) is 33.6 Å². The summed E-state index contributed by atoms with van der Waals surface area (Å²) in [7, 11) is 0. The Balaban J connectivity index is 2.17. The van der Waals surface area contributed by atoms with Crippen LogP contribution in [0.3, 0.4) is 0 Å². The lowest BCUT2D eigenvalue weighted by molar-refractivity contribution is 0.122. The molecule has 0 bridgehead atoms. The fraction of sp³-hybridized carbons (Fsp3) is 0.769. The lowest BCUT2D eigenvalue weighted by atomic mass is 9.71. The molecule has 0 radical (unpaired) electrons. The highest BCUT2D eigenvalue weighted by molar-refractivity contribution is 5.78. The van der Waals surface area contributed by atoms with Crippen molar-refractivity contribution >= 4 is 6.03 Å². The first kappa shape index (κ1) is 11.5. The second-order valence-corrected chi connectivity index (χ2v) is 5.32. The number of urea groups is 1. The molecule has 2 amide bonds. The van der Waals surface area contributed by atoms with Gasteiger partial charge in [0.2, 0.25) is 0 Å². The maximum Gasteiger partial charge on any atom is 0.321 e. The predicted molar refractivity (Wildman–Crippen MR) is 64.9 cm³/mol. The minimum atomic E-state index is 0.0375. The summed E-state index contributed by atoms with van der Waals surface area (Å²) in [6.07, 6.45) is 2.25. The summed E-state index contributed by atoms with van der Waals surface area (Å²) in [4.78, 5) is 13.6. The van der Waals surface area contributed by atoms with Gasteiger partial charge in [0.1, 0.15) is 0 Å². The van der Waals surface area contributed by atoms with Gasteiger partial charge in [-0.2, -0.15) is 0 Å². The minimum absolute atomic E-state index is 0.0375. The third kappa shape index (κ3) is 1.72. The monoisotopic (exact) mass is 222 g/mol. The van der Waals surface area contributed by atoms with Crippen LogP contribution in [0.5, 0.6) is 0 Å². The Hall–Kier alpha value is -0.990. The molecule has 1 saturated heterocycles. The zero-order valence-corrected chi connectivity index (χ0v) is 10.5. The summed E-state index contributed by atoms with van der Waals surface area (Å²) in [5.74, 6) is 1.87. The number of fused-ring (bicyclic) bond motifs is 1. The highest BCUT2D eigenvalue weighted by Gasteiger charge is 2.41. The maximum atomic E-state index is 11.8. The van der Waals surface area contributed by atoms with Gasteiger partial charge in [-0.15, -0.1) is 0 Å². The predicted octanol–water partition coefficient (Wildman–Crippen LogP) is 2.60. The fourth-order valence-corrected chi connectivity index (χ4v) is 3.04. The standard InChI is InChI=1S/C13H22N2O/c1-5-15-10(4)11-6-8(2)9(3)7-12(11)14-13(15)16/h8-9,11-12H,4-7H2,1-3H3,(H,14,16). The molecule has 1 heterocycles. The van der Waals surface area contributed by atoms with E-state index in [9.17, 15) is 4.79 Å². The van der Waals surface area contributed by atoms with Gasteiger partial charge in [-0.3, -0.25) is 4.90 Å². The molecule has 2 aliphatic rings. The molecule has 0 aromatic heterocycles. The summed E-state index contributed by atoms with van der Waals surface area (Å²) in [6.45, 7) is 11.4. The molecule has 3 nitrogen and oxygen atoms in total. The Labute approximate surface area is 97.9 Å². The number of hydrogen-bond donors (Lipinski definition) is 1. The normalized spacial score (nSPS) is 39.3. The van der Waals surface area contributed by atoms with Gasteiger partial charge in [0.05, 0.1) is 0 Å². The van der Waals surface area contributed by atoms with E-state index >= 15 is 0 Å². The Morgan fingerprint density at radius 3 is 2.62 bits per heavy atom. The van der Waals surface area contributed by atoms with Crippen LogP contribution in [0.4, 0.5) is 4.79 Å². The first-order valence-corrected chi connectivity index (χ1v) is 6.31. The fourth-order valence-electron chi connectivity index (χ4n) is 3.04. The minimum Gasteiger partial charge on any atom is -0.334 e. The van der Waals surface area contributed by atoms with E-state index in [-0.39, 0.29) is 6.03 Å². The van der Waals surface area contributed by atoms with Crippen LogP contribution in [-0.2, 0) is 0 Å². The lowest BCUT2D eigenvalue weighted by Crippen LogP contribution is -2.57. The van der Waals surface area contributed by atoms with E-state index in [2.05, 4.69) is 25.7 Å². The molecule has 2 fully saturated rings. The van der Waals surface area contributed by atoms with Gasteiger partial charge >= 0.3 is 6.03 Å². The largest absolute Gasteiger partial charge is 0.334 e. The van der Waals surface area contributed by atoms with Crippen LogP contribution in [0.2, 0.25) is 0 Å². The molecule has 2 rings (SSSR count). The SMILES string of the molecule is C=C1C2CC(C)C(C)CC2NC(=O)N1CC. The molecule has 4 atom stereocenters. The van der Waals surface area contributed by atoms with Crippen LogP contribution in [0.15, 0.2) is 12.3 Å². The maximum absolute atomic E-state index is 11.8. The van der Waals surface area contributed by atoms with E-state index in [4.69, 9.17) is 0 Å². The van der Waals surface area contributed by atoms with Gasteiger partial charge in [0.25, 0.3) is 0 Å². The van der Waals surface area contributed by atoms with E-state index in [1.54, 1.807) is 4.90 Å². The summed E-state index contributed by atoms with van der Waals surface area (Å²) in [6, 6.07) is 0.351. The summed E-state index contributed by atoms with van der Waals surface area (Å²) in [5.41, 5.74) is 1.02.